The zero-order valence-electron chi connectivity index (χ0n) is 9.85. The van der Waals surface area contributed by atoms with E-state index in [4.69, 9.17) is 11.0 Å². The normalized spacial score (nSPS) is 9.68. The summed E-state index contributed by atoms with van der Waals surface area (Å²) >= 11 is 0. The van der Waals surface area contributed by atoms with E-state index in [1.54, 1.807) is 18.2 Å². The van der Waals surface area contributed by atoms with Crippen LogP contribution in [0.4, 0.5) is 15.8 Å². The molecule has 2 rings (SSSR count). The summed E-state index contributed by atoms with van der Waals surface area (Å²) in [4.78, 5) is 11.9. The van der Waals surface area contributed by atoms with E-state index in [9.17, 15) is 9.18 Å². The molecule has 3 N–H and O–H groups in total. The number of nitrogens with zero attached hydrogens (tertiary/aromatic N) is 1. The van der Waals surface area contributed by atoms with Gasteiger partial charge in [0.2, 0.25) is 0 Å². The van der Waals surface area contributed by atoms with E-state index in [0.717, 1.165) is 6.07 Å². The third-order valence-corrected chi connectivity index (χ3v) is 2.50. The molecule has 0 heterocycles. The fraction of sp³-hybridized carbons (Fsp3) is 0. The standard InChI is InChI=1S/C14H10FN3O/c15-12-6-9(8-16)4-5-13(12)18-14(19)10-2-1-3-11(17)7-10/h1-7H,17H2,(H,18,19). The highest BCUT2D eigenvalue weighted by atomic mass is 19.1. The van der Waals surface area contributed by atoms with Crippen LogP contribution in [-0.4, -0.2) is 5.91 Å². The molecule has 0 aliphatic heterocycles. The minimum Gasteiger partial charge on any atom is -0.399 e. The van der Waals surface area contributed by atoms with Crippen LogP contribution in [-0.2, 0) is 0 Å². The van der Waals surface area contributed by atoms with E-state index >= 15 is 0 Å². The summed E-state index contributed by atoms with van der Waals surface area (Å²) in [7, 11) is 0. The van der Waals surface area contributed by atoms with Crippen LogP contribution >= 0.6 is 0 Å². The average Bonchev–Trinajstić information content (AvgIpc) is 2.41. The van der Waals surface area contributed by atoms with Gasteiger partial charge < -0.3 is 11.1 Å². The van der Waals surface area contributed by atoms with Gasteiger partial charge in [0.1, 0.15) is 5.82 Å². The molecule has 94 valence electrons. The van der Waals surface area contributed by atoms with Gasteiger partial charge in [-0.3, -0.25) is 4.79 Å². The molecule has 0 fully saturated rings. The molecule has 2 aromatic rings. The van der Waals surface area contributed by atoms with E-state index in [1.165, 1.54) is 18.2 Å². The molecule has 4 nitrogen and oxygen atoms in total. The first-order valence-corrected chi connectivity index (χ1v) is 5.46. The lowest BCUT2D eigenvalue weighted by Crippen LogP contribution is -2.13. The lowest BCUT2D eigenvalue weighted by molar-refractivity contribution is 0.102. The third kappa shape index (κ3) is 2.87. The van der Waals surface area contributed by atoms with Crippen molar-refractivity contribution >= 4 is 17.3 Å². The molecule has 0 aliphatic carbocycles. The number of nitrogens with two attached hydrogens (primary N) is 1. The van der Waals surface area contributed by atoms with Crippen molar-refractivity contribution in [2.75, 3.05) is 11.1 Å². The molecule has 0 atom stereocenters. The van der Waals surface area contributed by atoms with E-state index in [1.807, 2.05) is 6.07 Å². The van der Waals surface area contributed by atoms with Crippen LogP contribution in [0.15, 0.2) is 42.5 Å². The SMILES string of the molecule is N#Cc1ccc(NC(=O)c2cccc(N)c2)c(F)c1. The smallest absolute Gasteiger partial charge is 0.255 e. The minimum atomic E-state index is -0.656. The minimum absolute atomic E-state index is 0.0198. The number of carbonyl (C=O) groups is 1. The van der Waals surface area contributed by atoms with Crippen molar-refractivity contribution < 1.29 is 9.18 Å². The molecular formula is C14H10FN3O. The van der Waals surface area contributed by atoms with Crippen LogP contribution < -0.4 is 11.1 Å². The highest BCUT2D eigenvalue weighted by Crippen LogP contribution is 2.17. The first kappa shape index (κ1) is 12.6. The number of anilines is 2. The van der Waals surface area contributed by atoms with Gasteiger partial charge in [0.05, 0.1) is 17.3 Å². The summed E-state index contributed by atoms with van der Waals surface area (Å²) in [5, 5.41) is 11.1. The molecule has 2 aromatic carbocycles. The van der Waals surface area contributed by atoms with Crippen LogP contribution in [0.25, 0.3) is 0 Å². The number of nitriles is 1. The van der Waals surface area contributed by atoms with Crippen molar-refractivity contribution in [3.63, 3.8) is 0 Å². The molecule has 0 aliphatic rings. The maximum absolute atomic E-state index is 13.6. The molecular weight excluding hydrogens is 245 g/mol. The van der Waals surface area contributed by atoms with Gasteiger partial charge in [0.25, 0.3) is 5.91 Å². The van der Waals surface area contributed by atoms with Crippen molar-refractivity contribution in [1.82, 2.24) is 0 Å². The maximum atomic E-state index is 13.6. The molecule has 19 heavy (non-hydrogen) atoms. The molecule has 0 unspecified atom stereocenters. The summed E-state index contributed by atoms with van der Waals surface area (Å²) in [6.07, 6.45) is 0. The lowest BCUT2D eigenvalue weighted by atomic mass is 10.1. The van der Waals surface area contributed by atoms with Gasteiger partial charge in [0.15, 0.2) is 0 Å². The Morgan fingerprint density at radius 3 is 2.68 bits per heavy atom. The monoisotopic (exact) mass is 255 g/mol. The van der Waals surface area contributed by atoms with Crippen LogP contribution in [0, 0.1) is 17.1 Å². The number of hydrogen-bond acceptors (Lipinski definition) is 3. The number of amides is 1. The van der Waals surface area contributed by atoms with Crippen molar-refractivity contribution in [1.29, 1.82) is 5.26 Å². The van der Waals surface area contributed by atoms with Gasteiger partial charge in [-0.05, 0) is 36.4 Å². The van der Waals surface area contributed by atoms with Crippen molar-refractivity contribution in [3.8, 4) is 6.07 Å². The summed E-state index contributed by atoms with van der Waals surface area (Å²) in [5.74, 6) is -1.12. The van der Waals surface area contributed by atoms with Crippen LogP contribution in [0.1, 0.15) is 15.9 Å². The number of carbonyl (C=O) groups excluding carboxylic acids is 1. The van der Waals surface area contributed by atoms with Gasteiger partial charge in [-0.25, -0.2) is 4.39 Å². The highest BCUT2D eigenvalue weighted by Gasteiger charge is 2.10. The zero-order valence-corrected chi connectivity index (χ0v) is 9.85. The molecule has 0 aromatic heterocycles. The molecule has 1 amide bonds. The fourth-order valence-electron chi connectivity index (χ4n) is 1.56. The first-order chi connectivity index (χ1) is 9.10. The van der Waals surface area contributed by atoms with E-state index < -0.39 is 11.7 Å². The van der Waals surface area contributed by atoms with E-state index in [0.29, 0.717) is 11.3 Å². The predicted octanol–water partition coefficient (Wildman–Crippen LogP) is 2.53. The predicted molar refractivity (Wildman–Crippen MR) is 69.9 cm³/mol. The Labute approximate surface area is 109 Å². The Bertz CT molecular complexity index is 677. The van der Waals surface area contributed by atoms with Crippen LogP contribution in [0.3, 0.4) is 0 Å². The maximum Gasteiger partial charge on any atom is 0.255 e. The number of hydrogen-bond donors (Lipinski definition) is 2. The number of nitrogen functional groups attached to an aromatic ring is 1. The number of benzene rings is 2. The molecule has 0 spiro atoms. The molecule has 0 radical (unpaired) electrons. The Morgan fingerprint density at radius 1 is 1.26 bits per heavy atom. The quantitative estimate of drug-likeness (QED) is 0.809. The van der Waals surface area contributed by atoms with Crippen molar-refractivity contribution in [3.05, 3.63) is 59.4 Å². The van der Waals surface area contributed by atoms with Gasteiger partial charge in [-0.1, -0.05) is 6.07 Å². The van der Waals surface area contributed by atoms with E-state index in [2.05, 4.69) is 5.32 Å². The van der Waals surface area contributed by atoms with Gasteiger partial charge in [-0.15, -0.1) is 0 Å². The fourth-order valence-corrected chi connectivity index (χ4v) is 1.56. The summed E-state index contributed by atoms with van der Waals surface area (Å²) in [6.45, 7) is 0. The Morgan fingerprint density at radius 2 is 2.05 bits per heavy atom. The summed E-state index contributed by atoms with van der Waals surface area (Å²) in [6, 6.07) is 12.0. The molecule has 0 saturated heterocycles. The summed E-state index contributed by atoms with van der Waals surface area (Å²) in [5.41, 5.74) is 6.57. The topological polar surface area (TPSA) is 78.9 Å². The Kier molecular flexibility index (Phi) is 3.44. The first-order valence-electron chi connectivity index (χ1n) is 5.46. The second kappa shape index (κ2) is 5.19. The van der Waals surface area contributed by atoms with Gasteiger partial charge in [-0.2, -0.15) is 5.26 Å². The average molecular weight is 255 g/mol. The Hall–Kier alpha value is -2.87. The van der Waals surface area contributed by atoms with Gasteiger partial charge in [0, 0.05) is 11.3 Å². The summed E-state index contributed by atoms with van der Waals surface area (Å²) < 4.78 is 13.6. The second-order valence-electron chi connectivity index (χ2n) is 3.89. The van der Waals surface area contributed by atoms with Gasteiger partial charge >= 0.3 is 0 Å². The number of rotatable bonds is 2. The number of nitrogens with one attached hydrogen (secondary N) is 1. The Balaban J connectivity index is 2.22. The van der Waals surface area contributed by atoms with Crippen LogP contribution in [0.5, 0.6) is 0 Å². The lowest BCUT2D eigenvalue weighted by Gasteiger charge is -2.07. The largest absolute Gasteiger partial charge is 0.399 e. The zero-order chi connectivity index (χ0) is 13.8. The molecule has 0 bridgehead atoms. The van der Waals surface area contributed by atoms with E-state index in [-0.39, 0.29) is 11.3 Å². The number of halogens is 1. The second-order valence-corrected chi connectivity index (χ2v) is 3.89. The highest BCUT2D eigenvalue weighted by molar-refractivity contribution is 6.04. The van der Waals surface area contributed by atoms with Crippen molar-refractivity contribution in [2.45, 2.75) is 0 Å². The third-order valence-electron chi connectivity index (χ3n) is 2.50. The van der Waals surface area contributed by atoms with Crippen molar-refractivity contribution in [2.24, 2.45) is 0 Å². The molecule has 5 heteroatoms. The molecule has 0 saturated carbocycles. The van der Waals surface area contributed by atoms with Crippen LogP contribution in [0.2, 0.25) is 0 Å².